The van der Waals surface area contributed by atoms with E-state index >= 15 is 0 Å². The van der Waals surface area contributed by atoms with Crippen molar-refractivity contribution in [1.82, 2.24) is 5.32 Å². The molecule has 0 spiro atoms. The average Bonchev–Trinajstić information content (AvgIpc) is 2.53. The number of rotatable bonds is 4. The zero-order chi connectivity index (χ0) is 10.6. The first-order valence-corrected chi connectivity index (χ1v) is 4.42. The van der Waals surface area contributed by atoms with Gasteiger partial charge in [-0.2, -0.15) is 0 Å². The Labute approximate surface area is 82.3 Å². The summed E-state index contributed by atoms with van der Waals surface area (Å²) in [4.78, 5) is 21.8. The van der Waals surface area contributed by atoms with E-state index in [1.165, 1.54) is 6.92 Å². The molecule has 0 radical (unpaired) electrons. The highest BCUT2D eigenvalue weighted by Gasteiger charge is 2.12. The fraction of sp³-hybridized carbons (Fsp3) is 0.400. The topological polar surface area (TPSA) is 59.3 Å². The Balaban J connectivity index is 2.45. The molecule has 0 aliphatic carbocycles. The number of carbonyl (C=O) groups excluding carboxylic acids is 2. The van der Waals surface area contributed by atoms with Gasteiger partial charge >= 0.3 is 0 Å². The van der Waals surface area contributed by atoms with Gasteiger partial charge in [-0.1, -0.05) is 0 Å². The molecule has 14 heavy (non-hydrogen) atoms. The van der Waals surface area contributed by atoms with E-state index in [0.717, 1.165) is 0 Å². The van der Waals surface area contributed by atoms with Crippen molar-refractivity contribution in [1.29, 1.82) is 0 Å². The number of ketones is 1. The molecule has 1 heterocycles. The molecule has 1 N–H and O–H groups in total. The summed E-state index contributed by atoms with van der Waals surface area (Å²) in [5, 5.41) is 2.66. The Kier molecular flexibility index (Phi) is 3.45. The van der Waals surface area contributed by atoms with Gasteiger partial charge in [0.1, 0.15) is 11.5 Å². The van der Waals surface area contributed by atoms with Gasteiger partial charge in [0.25, 0.3) is 0 Å². The summed E-state index contributed by atoms with van der Waals surface area (Å²) in [6.45, 7) is 3.19. The zero-order valence-electron chi connectivity index (χ0n) is 8.24. The van der Waals surface area contributed by atoms with E-state index in [9.17, 15) is 9.59 Å². The molecule has 0 aliphatic heterocycles. The Bertz CT molecular complexity index is 316. The van der Waals surface area contributed by atoms with Crippen LogP contribution in [-0.2, 0) is 9.59 Å². The maximum Gasteiger partial charge on any atom is 0.228 e. The quantitative estimate of drug-likeness (QED) is 0.739. The van der Waals surface area contributed by atoms with Gasteiger partial charge in [-0.3, -0.25) is 9.59 Å². The summed E-state index contributed by atoms with van der Waals surface area (Å²) < 4.78 is 5.10. The van der Waals surface area contributed by atoms with Crippen molar-refractivity contribution in [2.75, 3.05) is 0 Å². The normalized spacial score (nSPS) is 12.1. The standard InChI is InChI=1S/C10H13NO3/c1-7(12)6-10(13)11-8(2)9-4-3-5-14-9/h3-5,8H,6H2,1-2H3,(H,11,13). The second kappa shape index (κ2) is 4.60. The minimum absolute atomic E-state index is 0.0783. The predicted molar refractivity (Wildman–Crippen MR) is 50.6 cm³/mol. The van der Waals surface area contributed by atoms with Crippen LogP contribution in [0.25, 0.3) is 0 Å². The lowest BCUT2D eigenvalue weighted by Crippen LogP contribution is -2.27. The average molecular weight is 195 g/mol. The van der Waals surface area contributed by atoms with Crippen LogP contribution in [0, 0.1) is 0 Å². The molecule has 1 rings (SSSR count). The molecule has 76 valence electrons. The molecule has 0 aliphatic rings. The fourth-order valence-corrected chi connectivity index (χ4v) is 1.13. The van der Waals surface area contributed by atoms with Crippen molar-refractivity contribution in [3.8, 4) is 0 Å². The minimum Gasteiger partial charge on any atom is -0.467 e. The van der Waals surface area contributed by atoms with Crippen molar-refractivity contribution in [3.63, 3.8) is 0 Å². The maximum absolute atomic E-state index is 11.2. The molecule has 0 saturated heterocycles. The first kappa shape index (κ1) is 10.5. The van der Waals surface area contributed by atoms with Gasteiger partial charge in [0, 0.05) is 0 Å². The number of hydrogen-bond acceptors (Lipinski definition) is 3. The summed E-state index contributed by atoms with van der Waals surface area (Å²) in [7, 11) is 0. The van der Waals surface area contributed by atoms with Crippen molar-refractivity contribution in [3.05, 3.63) is 24.2 Å². The SMILES string of the molecule is CC(=O)CC(=O)NC(C)c1ccco1. The number of hydrogen-bond donors (Lipinski definition) is 1. The molecule has 1 aromatic heterocycles. The molecule has 0 fully saturated rings. The van der Waals surface area contributed by atoms with E-state index in [1.807, 2.05) is 0 Å². The van der Waals surface area contributed by atoms with Crippen LogP contribution in [0.1, 0.15) is 32.1 Å². The zero-order valence-corrected chi connectivity index (χ0v) is 8.24. The summed E-state index contributed by atoms with van der Waals surface area (Å²) in [6, 6.07) is 3.33. The monoisotopic (exact) mass is 195 g/mol. The Hall–Kier alpha value is -1.58. The highest BCUT2D eigenvalue weighted by atomic mass is 16.3. The summed E-state index contributed by atoms with van der Waals surface area (Å²) in [5.41, 5.74) is 0. The molecule has 0 aromatic carbocycles. The Morgan fingerprint density at radius 3 is 2.79 bits per heavy atom. The third kappa shape index (κ3) is 3.05. The van der Waals surface area contributed by atoms with Gasteiger partial charge in [0.05, 0.1) is 18.7 Å². The van der Waals surface area contributed by atoms with E-state index < -0.39 is 0 Å². The largest absolute Gasteiger partial charge is 0.467 e. The molecule has 1 aromatic rings. The summed E-state index contributed by atoms with van der Waals surface area (Å²) in [5.74, 6) is 0.262. The van der Waals surface area contributed by atoms with E-state index in [4.69, 9.17) is 4.42 Å². The maximum atomic E-state index is 11.2. The highest BCUT2D eigenvalue weighted by molar-refractivity contribution is 5.96. The first-order valence-electron chi connectivity index (χ1n) is 4.42. The fourth-order valence-electron chi connectivity index (χ4n) is 1.13. The second-order valence-electron chi connectivity index (χ2n) is 3.18. The molecule has 0 saturated carbocycles. The molecular formula is C10H13NO3. The van der Waals surface area contributed by atoms with Crippen LogP contribution < -0.4 is 5.32 Å². The molecular weight excluding hydrogens is 182 g/mol. The minimum atomic E-state index is -0.276. The van der Waals surface area contributed by atoms with Crippen molar-refractivity contribution in [2.24, 2.45) is 0 Å². The smallest absolute Gasteiger partial charge is 0.228 e. The van der Waals surface area contributed by atoms with Crippen LogP contribution in [0.3, 0.4) is 0 Å². The van der Waals surface area contributed by atoms with Gasteiger partial charge in [-0.15, -0.1) is 0 Å². The summed E-state index contributed by atoms with van der Waals surface area (Å²) >= 11 is 0. The van der Waals surface area contributed by atoms with Crippen LogP contribution in [0.15, 0.2) is 22.8 Å². The number of carbonyl (C=O) groups is 2. The van der Waals surface area contributed by atoms with Crippen LogP contribution in [0.4, 0.5) is 0 Å². The van der Waals surface area contributed by atoms with Gasteiger partial charge in [-0.05, 0) is 26.0 Å². The van der Waals surface area contributed by atoms with E-state index in [-0.39, 0.29) is 24.2 Å². The first-order chi connectivity index (χ1) is 6.59. The molecule has 4 heteroatoms. The lowest BCUT2D eigenvalue weighted by atomic mass is 10.2. The van der Waals surface area contributed by atoms with Crippen LogP contribution in [0.2, 0.25) is 0 Å². The molecule has 1 amide bonds. The van der Waals surface area contributed by atoms with Crippen LogP contribution in [0.5, 0.6) is 0 Å². The van der Waals surface area contributed by atoms with Crippen molar-refractivity contribution in [2.45, 2.75) is 26.3 Å². The van der Waals surface area contributed by atoms with E-state index in [1.54, 1.807) is 25.3 Å². The molecule has 4 nitrogen and oxygen atoms in total. The van der Waals surface area contributed by atoms with Gasteiger partial charge in [0.15, 0.2) is 0 Å². The molecule has 1 atom stereocenters. The van der Waals surface area contributed by atoms with Crippen molar-refractivity contribution < 1.29 is 14.0 Å². The number of Topliss-reactive ketones (excluding diaryl/α,β-unsaturated/α-hetero) is 1. The highest BCUT2D eigenvalue weighted by Crippen LogP contribution is 2.11. The molecule has 1 unspecified atom stereocenters. The third-order valence-electron chi connectivity index (χ3n) is 1.76. The van der Waals surface area contributed by atoms with Crippen LogP contribution in [-0.4, -0.2) is 11.7 Å². The van der Waals surface area contributed by atoms with E-state index in [0.29, 0.717) is 5.76 Å². The second-order valence-corrected chi connectivity index (χ2v) is 3.18. The number of amides is 1. The lowest BCUT2D eigenvalue weighted by Gasteiger charge is -2.10. The van der Waals surface area contributed by atoms with Crippen LogP contribution >= 0.6 is 0 Å². The number of furan rings is 1. The van der Waals surface area contributed by atoms with E-state index in [2.05, 4.69) is 5.32 Å². The Morgan fingerprint density at radius 2 is 2.29 bits per heavy atom. The van der Waals surface area contributed by atoms with Gasteiger partial charge in [-0.25, -0.2) is 0 Å². The molecule has 0 bridgehead atoms. The van der Waals surface area contributed by atoms with Crippen molar-refractivity contribution >= 4 is 11.7 Å². The Morgan fingerprint density at radius 1 is 1.57 bits per heavy atom. The summed E-state index contributed by atoms with van der Waals surface area (Å²) in [6.07, 6.45) is 1.47. The third-order valence-corrected chi connectivity index (χ3v) is 1.76. The number of nitrogens with one attached hydrogen (secondary N) is 1. The lowest BCUT2D eigenvalue weighted by molar-refractivity contribution is -0.127. The van der Waals surface area contributed by atoms with Gasteiger partial charge in [0.2, 0.25) is 5.91 Å². The van der Waals surface area contributed by atoms with Gasteiger partial charge < -0.3 is 9.73 Å². The predicted octanol–water partition coefficient (Wildman–Crippen LogP) is 1.44.